The van der Waals surface area contributed by atoms with Gasteiger partial charge in [-0.05, 0) is 29.1 Å². The van der Waals surface area contributed by atoms with Gasteiger partial charge in [0.25, 0.3) is 0 Å². The third-order valence-electron chi connectivity index (χ3n) is 2.71. The highest BCUT2D eigenvalue weighted by Crippen LogP contribution is 2.31. The van der Waals surface area contributed by atoms with Crippen LogP contribution in [-0.4, -0.2) is 9.97 Å². The molecule has 1 aromatic carbocycles. The number of nitrogens with zero attached hydrogens (tertiary/aromatic N) is 2. The first kappa shape index (κ1) is 13.6. The lowest BCUT2D eigenvalue weighted by Crippen LogP contribution is -2.10. The summed E-state index contributed by atoms with van der Waals surface area (Å²) in [5, 5.41) is 4.74. The second kappa shape index (κ2) is 5.97. The van der Waals surface area contributed by atoms with Gasteiger partial charge in [-0.3, -0.25) is 5.43 Å². The largest absolute Gasteiger partial charge is 0.292 e. The zero-order valence-electron chi connectivity index (χ0n) is 10.3. The minimum atomic E-state index is 0.443. The summed E-state index contributed by atoms with van der Waals surface area (Å²) in [6.07, 6.45) is 0. The summed E-state index contributed by atoms with van der Waals surface area (Å²) in [6, 6.07) is 9.85. The Morgan fingerprint density at radius 2 is 2.00 bits per heavy atom. The van der Waals surface area contributed by atoms with Crippen LogP contribution in [0.2, 0.25) is 5.02 Å². The van der Waals surface area contributed by atoms with Crippen molar-refractivity contribution in [1.82, 2.24) is 9.97 Å². The number of hydrogen-bond donors (Lipinski definition) is 2. The van der Waals surface area contributed by atoms with Crippen LogP contribution in [0.25, 0.3) is 10.2 Å². The molecule has 0 bridgehead atoms. The lowest BCUT2D eigenvalue weighted by atomic mass is 10.2. The maximum Gasteiger partial charge on any atom is 0.239 e. The third kappa shape index (κ3) is 2.88. The first-order valence-corrected chi connectivity index (χ1v) is 8.09. The zero-order chi connectivity index (χ0) is 13.9. The summed E-state index contributed by atoms with van der Waals surface area (Å²) in [7, 11) is 0. The van der Waals surface area contributed by atoms with Crippen molar-refractivity contribution in [1.29, 1.82) is 0 Å². The number of nitrogen functional groups attached to an aromatic ring is 1. The molecule has 0 fully saturated rings. The molecule has 20 heavy (non-hydrogen) atoms. The molecule has 0 amide bonds. The van der Waals surface area contributed by atoms with Crippen molar-refractivity contribution in [3.63, 3.8) is 0 Å². The van der Waals surface area contributed by atoms with Gasteiger partial charge in [0.15, 0.2) is 0 Å². The van der Waals surface area contributed by atoms with Gasteiger partial charge in [0.1, 0.15) is 9.86 Å². The molecule has 0 atom stereocenters. The number of benzene rings is 1. The molecule has 4 nitrogen and oxygen atoms in total. The fourth-order valence-electron chi connectivity index (χ4n) is 1.74. The van der Waals surface area contributed by atoms with E-state index < -0.39 is 0 Å². The molecule has 0 spiro atoms. The van der Waals surface area contributed by atoms with Crippen molar-refractivity contribution in [2.45, 2.75) is 10.8 Å². The van der Waals surface area contributed by atoms with Gasteiger partial charge in [0.2, 0.25) is 5.95 Å². The average molecular weight is 323 g/mol. The van der Waals surface area contributed by atoms with Gasteiger partial charge in [0.05, 0.1) is 0 Å². The summed E-state index contributed by atoms with van der Waals surface area (Å²) < 4.78 is 0. The van der Waals surface area contributed by atoms with E-state index in [0.717, 1.165) is 26.0 Å². The van der Waals surface area contributed by atoms with Gasteiger partial charge < -0.3 is 0 Å². The van der Waals surface area contributed by atoms with Crippen LogP contribution in [0.4, 0.5) is 5.95 Å². The fraction of sp³-hybridized carbons (Fsp3) is 0.0769. The van der Waals surface area contributed by atoms with Gasteiger partial charge in [0, 0.05) is 16.2 Å². The van der Waals surface area contributed by atoms with E-state index in [4.69, 9.17) is 17.4 Å². The first-order chi connectivity index (χ1) is 9.76. The molecule has 3 aromatic rings. The van der Waals surface area contributed by atoms with E-state index in [-0.39, 0.29) is 0 Å². The van der Waals surface area contributed by atoms with Crippen molar-refractivity contribution in [3.8, 4) is 0 Å². The van der Waals surface area contributed by atoms with Gasteiger partial charge in [-0.25, -0.2) is 15.8 Å². The molecule has 2 aromatic heterocycles. The number of hydrazine groups is 1. The minimum Gasteiger partial charge on any atom is -0.292 e. The molecule has 102 valence electrons. The second-order valence-corrected chi connectivity index (χ2v) is 6.35. The lowest BCUT2D eigenvalue weighted by Gasteiger charge is -2.05. The molecule has 0 aliphatic heterocycles. The van der Waals surface area contributed by atoms with Crippen molar-refractivity contribution in [2.24, 2.45) is 5.84 Å². The van der Waals surface area contributed by atoms with Gasteiger partial charge in [-0.2, -0.15) is 0 Å². The summed E-state index contributed by atoms with van der Waals surface area (Å²) in [5.74, 6) is 6.67. The number of halogens is 1. The number of fused-ring (bicyclic) bond motifs is 1. The molecule has 3 rings (SSSR count). The van der Waals surface area contributed by atoms with E-state index in [1.807, 2.05) is 35.7 Å². The zero-order valence-corrected chi connectivity index (χ0v) is 12.7. The molecule has 0 saturated heterocycles. The van der Waals surface area contributed by atoms with Gasteiger partial charge >= 0.3 is 0 Å². The van der Waals surface area contributed by atoms with Gasteiger partial charge in [-0.1, -0.05) is 23.7 Å². The molecule has 2 heterocycles. The number of thiophene rings is 1. The quantitative estimate of drug-likeness (QED) is 0.330. The molecular formula is C13H11ClN4S2. The van der Waals surface area contributed by atoms with E-state index in [1.165, 1.54) is 5.56 Å². The van der Waals surface area contributed by atoms with E-state index in [0.29, 0.717) is 5.95 Å². The second-order valence-electron chi connectivity index (χ2n) is 4.05. The standard InChI is InChI=1S/C13H11ClN4S2/c14-9-3-1-8(2-4-9)7-20-12-10-5-6-19-11(10)16-13(17-12)18-15/h1-6H,7,15H2,(H,16,17,18). The number of hydrogen-bond acceptors (Lipinski definition) is 6. The highest BCUT2D eigenvalue weighted by molar-refractivity contribution is 7.98. The Hall–Kier alpha value is -1.34. The number of anilines is 1. The van der Waals surface area contributed by atoms with E-state index in [2.05, 4.69) is 15.4 Å². The van der Waals surface area contributed by atoms with Crippen molar-refractivity contribution >= 4 is 50.9 Å². The lowest BCUT2D eigenvalue weighted by molar-refractivity contribution is 1.08. The molecule has 0 radical (unpaired) electrons. The molecule has 3 N–H and O–H groups in total. The monoisotopic (exact) mass is 322 g/mol. The van der Waals surface area contributed by atoms with Crippen molar-refractivity contribution < 1.29 is 0 Å². The molecule has 0 unspecified atom stereocenters. The Labute approximate surface area is 129 Å². The van der Waals surface area contributed by atoms with Crippen LogP contribution >= 0.6 is 34.7 Å². The van der Waals surface area contributed by atoms with Crippen LogP contribution in [0, 0.1) is 0 Å². The highest BCUT2D eigenvalue weighted by atomic mass is 35.5. The van der Waals surface area contributed by atoms with Crippen LogP contribution in [-0.2, 0) is 5.75 Å². The van der Waals surface area contributed by atoms with Crippen molar-refractivity contribution in [3.05, 3.63) is 46.3 Å². The Morgan fingerprint density at radius 1 is 1.20 bits per heavy atom. The molecule has 0 aliphatic rings. The minimum absolute atomic E-state index is 0.443. The molecule has 0 aliphatic carbocycles. The predicted molar refractivity (Wildman–Crippen MR) is 86.2 cm³/mol. The molecule has 0 saturated carbocycles. The van der Waals surface area contributed by atoms with Crippen LogP contribution in [0.3, 0.4) is 0 Å². The van der Waals surface area contributed by atoms with Crippen LogP contribution in [0.15, 0.2) is 40.7 Å². The smallest absolute Gasteiger partial charge is 0.239 e. The highest BCUT2D eigenvalue weighted by Gasteiger charge is 2.09. The number of thioether (sulfide) groups is 1. The van der Waals surface area contributed by atoms with Crippen LogP contribution in [0.5, 0.6) is 0 Å². The fourth-order valence-corrected chi connectivity index (χ4v) is 3.66. The van der Waals surface area contributed by atoms with Crippen LogP contribution < -0.4 is 11.3 Å². The van der Waals surface area contributed by atoms with E-state index in [9.17, 15) is 0 Å². The van der Waals surface area contributed by atoms with Crippen molar-refractivity contribution in [2.75, 3.05) is 5.43 Å². The Morgan fingerprint density at radius 3 is 2.75 bits per heavy atom. The number of rotatable bonds is 4. The molecule has 7 heteroatoms. The Balaban J connectivity index is 1.86. The van der Waals surface area contributed by atoms with E-state index in [1.54, 1.807) is 23.1 Å². The maximum absolute atomic E-state index is 5.88. The molecular weight excluding hydrogens is 312 g/mol. The summed E-state index contributed by atoms with van der Waals surface area (Å²) >= 11 is 9.12. The summed E-state index contributed by atoms with van der Waals surface area (Å²) in [5.41, 5.74) is 3.71. The summed E-state index contributed by atoms with van der Waals surface area (Å²) in [6.45, 7) is 0. The average Bonchev–Trinajstić information content (AvgIpc) is 2.94. The Bertz CT molecular complexity index is 727. The number of nitrogens with one attached hydrogen (secondary N) is 1. The normalized spacial score (nSPS) is 10.9. The maximum atomic E-state index is 5.88. The number of nitrogens with two attached hydrogens (primary N) is 1. The topological polar surface area (TPSA) is 63.8 Å². The SMILES string of the molecule is NNc1nc(SCc2ccc(Cl)cc2)c2ccsc2n1. The van der Waals surface area contributed by atoms with Gasteiger partial charge in [-0.15, -0.1) is 23.1 Å². The number of aromatic nitrogens is 2. The Kier molecular flexibility index (Phi) is 4.07. The summed E-state index contributed by atoms with van der Waals surface area (Å²) in [4.78, 5) is 9.68. The predicted octanol–water partition coefficient (Wildman–Crippen LogP) is 3.92. The van der Waals surface area contributed by atoms with E-state index >= 15 is 0 Å². The van der Waals surface area contributed by atoms with Crippen LogP contribution in [0.1, 0.15) is 5.56 Å². The third-order valence-corrected chi connectivity index (χ3v) is 4.83. The first-order valence-electron chi connectivity index (χ1n) is 5.85.